The molecule has 0 aliphatic carbocycles. The first kappa shape index (κ1) is 21.2. The molecule has 29 heavy (non-hydrogen) atoms. The van der Waals surface area contributed by atoms with Gasteiger partial charge in [-0.25, -0.2) is 9.37 Å². The van der Waals surface area contributed by atoms with Gasteiger partial charge in [0, 0.05) is 30.8 Å². The number of pyridine rings is 1. The van der Waals surface area contributed by atoms with Crippen molar-refractivity contribution in [2.45, 2.75) is 26.0 Å². The van der Waals surface area contributed by atoms with Crippen LogP contribution in [0.3, 0.4) is 0 Å². The lowest BCUT2D eigenvalue weighted by Crippen LogP contribution is -2.49. The summed E-state index contributed by atoms with van der Waals surface area (Å²) in [7, 11) is 3.94. The monoisotopic (exact) mass is 401 g/mol. The fraction of sp³-hybridized carbons (Fsp3) is 0.455. The highest BCUT2D eigenvalue weighted by Crippen LogP contribution is 2.30. The van der Waals surface area contributed by atoms with Gasteiger partial charge in [-0.2, -0.15) is 0 Å². The number of hydrogen-bond acceptors (Lipinski definition) is 5. The zero-order valence-corrected chi connectivity index (χ0v) is 17.3. The standard InChI is InChI=1S/C22H28FN3O3/c1-14-11-26(15(2)13-27)22(28)19-9-17(16-6-5-7-18(23)8-16)10-24-21(19)29-20(14)12-25(3)4/h5-10,14-15,20,27H,11-13H2,1-4H3/t14-,15+,20+/m1/s1. The molecule has 1 aromatic heterocycles. The molecule has 1 aliphatic rings. The van der Waals surface area contributed by atoms with E-state index in [4.69, 9.17) is 4.74 Å². The van der Waals surface area contributed by atoms with Gasteiger partial charge >= 0.3 is 0 Å². The Morgan fingerprint density at radius 2 is 2.10 bits per heavy atom. The Bertz CT molecular complexity index is 874. The number of amides is 1. The van der Waals surface area contributed by atoms with Gasteiger partial charge in [0.1, 0.15) is 17.5 Å². The van der Waals surface area contributed by atoms with E-state index in [9.17, 15) is 14.3 Å². The Balaban J connectivity index is 2.08. The van der Waals surface area contributed by atoms with Crippen molar-refractivity contribution in [1.29, 1.82) is 0 Å². The van der Waals surface area contributed by atoms with Crippen LogP contribution in [0.1, 0.15) is 24.2 Å². The summed E-state index contributed by atoms with van der Waals surface area (Å²) in [4.78, 5) is 21.4. The predicted molar refractivity (Wildman–Crippen MR) is 109 cm³/mol. The Labute approximate surface area is 170 Å². The van der Waals surface area contributed by atoms with E-state index < -0.39 is 0 Å². The summed E-state index contributed by atoms with van der Waals surface area (Å²) in [6.07, 6.45) is 1.43. The topological polar surface area (TPSA) is 65.9 Å². The van der Waals surface area contributed by atoms with Gasteiger partial charge in [0.05, 0.1) is 12.6 Å². The maximum atomic E-state index is 13.7. The van der Waals surface area contributed by atoms with E-state index in [2.05, 4.69) is 4.98 Å². The van der Waals surface area contributed by atoms with Crippen LogP contribution in [-0.2, 0) is 0 Å². The van der Waals surface area contributed by atoms with Crippen LogP contribution in [-0.4, -0.2) is 71.7 Å². The molecule has 1 amide bonds. The number of ether oxygens (including phenoxy) is 1. The van der Waals surface area contributed by atoms with Gasteiger partial charge in [-0.3, -0.25) is 4.79 Å². The van der Waals surface area contributed by atoms with Crippen molar-refractivity contribution >= 4 is 5.91 Å². The zero-order chi connectivity index (χ0) is 21.1. The lowest BCUT2D eigenvalue weighted by molar-refractivity contribution is 0.0348. The lowest BCUT2D eigenvalue weighted by atomic mass is 9.99. The average Bonchev–Trinajstić information content (AvgIpc) is 2.69. The third kappa shape index (κ3) is 4.74. The molecule has 3 atom stereocenters. The van der Waals surface area contributed by atoms with Crippen molar-refractivity contribution in [1.82, 2.24) is 14.8 Å². The Morgan fingerprint density at radius 1 is 1.34 bits per heavy atom. The highest BCUT2D eigenvalue weighted by atomic mass is 19.1. The van der Waals surface area contributed by atoms with E-state index in [-0.39, 0.29) is 42.3 Å². The average molecular weight is 401 g/mol. The number of rotatable bonds is 5. The minimum atomic E-state index is -0.354. The quantitative estimate of drug-likeness (QED) is 0.835. The fourth-order valence-electron chi connectivity index (χ4n) is 3.51. The number of aliphatic hydroxyl groups excluding tert-OH is 1. The molecule has 1 aromatic carbocycles. The van der Waals surface area contributed by atoms with Crippen molar-refractivity contribution in [3.8, 4) is 17.0 Å². The van der Waals surface area contributed by atoms with E-state index in [0.717, 1.165) is 0 Å². The number of likely N-dealkylation sites (N-methyl/N-ethyl adjacent to an activating group) is 1. The van der Waals surface area contributed by atoms with E-state index in [1.807, 2.05) is 32.8 Å². The summed E-state index contributed by atoms with van der Waals surface area (Å²) in [5.74, 6) is -0.286. The molecule has 0 spiro atoms. The van der Waals surface area contributed by atoms with Crippen molar-refractivity contribution < 1.29 is 19.0 Å². The lowest BCUT2D eigenvalue weighted by Gasteiger charge is -2.37. The molecule has 3 rings (SSSR count). The molecule has 7 heteroatoms. The third-order valence-corrected chi connectivity index (χ3v) is 5.22. The number of fused-ring (bicyclic) bond motifs is 1. The third-order valence-electron chi connectivity index (χ3n) is 5.22. The van der Waals surface area contributed by atoms with Crippen molar-refractivity contribution in [2.75, 3.05) is 33.8 Å². The Morgan fingerprint density at radius 3 is 2.76 bits per heavy atom. The number of hydrogen-bond donors (Lipinski definition) is 1. The molecule has 1 aliphatic heterocycles. The van der Waals surface area contributed by atoms with E-state index >= 15 is 0 Å². The smallest absolute Gasteiger partial charge is 0.259 e. The highest BCUT2D eigenvalue weighted by Gasteiger charge is 2.34. The van der Waals surface area contributed by atoms with E-state index in [1.54, 1.807) is 29.3 Å². The Kier molecular flexibility index (Phi) is 6.49. The van der Waals surface area contributed by atoms with Crippen molar-refractivity contribution in [2.24, 2.45) is 5.92 Å². The second kappa shape index (κ2) is 8.88. The highest BCUT2D eigenvalue weighted by molar-refractivity contribution is 5.98. The molecular weight excluding hydrogens is 373 g/mol. The molecule has 0 saturated heterocycles. The first-order valence-corrected chi connectivity index (χ1v) is 9.79. The van der Waals surface area contributed by atoms with Gasteiger partial charge in [0.25, 0.3) is 5.91 Å². The maximum Gasteiger partial charge on any atom is 0.259 e. The largest absolute Gasteiger partial charge is 0.472 e. The first-order valence-electron chi connectivity index (χ1n) is 9.79. The first-order chi connectivity index (χ1) is 13.8. The minimum absolute atomic E-state index is 0.0493. The van der Waals surface area contributed by atoms with Crippen LogP contribution in [0.4, 0.5) is 4.39 Å². The van der Waals surface area contributed by atoms with Crippen LogP contribution in [0.2, 0.25) is 0 Å². The molecule has 156 valence electrons. The molecule has 0 radical (unpaired) electrons. The van der Waals surface area contributed by atoms with Crippen molar-refractivity contribution in [3.05, 3.63) is 47.9 Å². The Hall–Kier alpha value is -2.51. The molecule has 6 nitrogen and oxygen atoms in total. The van der Waals surface area contributed by atoms with Gasteiger partial charge < -0.3 is 19.6 Å². The maximum absolute atomic E-state index is 13.7. The molecule has 0 unspecified atom stereocenters. The molecule has 0 saturated carbocycles. The van der Waals surface area contributed by atoms with E-state index in [0.29, 0.717) is 29.8 Å². The van der Waals surface area contributed by atoms with Crippen LogP contribution in [0.15, 0.2) is 36.5 Å². The fourth-order valence-corrected chi connectivity index (χ4v) is 3.51. The molecule has 2 heterocycles. The summed E-state index contributed by atoms with van der Waals surface area (Å²) in [5, 5.41) is 9.68. The number of benzene rings is 1. The predicted octanol–water partition coefficient (Wildman–Crippen LogP) is 2.67. The molecule has 2 aromatic rings. The van der Waals surface area contributed by atoms with Gasteiger partial charge in [0.2, 0.25) is 5.88 Å². The molecule has 0 bridgehead atoms. The van der Waals surface area contributed by atoms with Gasteiger partial charge in [-0.05, 0) is 44.8 Å². The number of aromatic nitrogens is 1. The van der Waals surface area contributed by atoms with Crippen LogP contribution in [0.25, 0.3) is 11.1 Å². The van der Waals surface area contributed by atoms with Gasteiger partial charge in [-0.15, -0.1) is 0 Å². The number of carbonyl (C=O) groups excluding carboxylic acids is 1. The van der Waals surface area contributed by atoms with Crippen LogP contribution in [0, 0.1) is 11.7 Å². The zero-order valence-electron chi connectivity index (χ0n) is 17.3. The number of carbonyl (C=O) groups is 1. The van der Waals surface area contributed by atoms with Gasteiger partial charge in [-0.1, -0.05) is 19.1 Å². The number of nitrogens with zero attached hydrogens (tertiary/aromatic N) is 3. The van der Waals surface area contributed by atoms with Crippen LogP contribution >= 0.6 is 0 Å². The van der Waals surface area contributed by atoms with E-state index in [1.165, 1.54) is 12.1 Å². The second-order valence-corrected chi connectivity index (χ2v) is 7.97. The molecular formula is C22H28FN3O3. The number of aliphatic hydroxyl groups is 1. The second-order valence-electron chi connectivity index (χ2n) is 7.97. The normalized spacial score (nSPS) is 20.7. The summed E-state index contributed by atoms with van der Waals surface area (Å²) in [5.41, 5.74) is 1.59. The summed E-state index contributed by atoms with van der Waals surface area (Å²) < 4.78 is 19.8. The van der Waals surface area contributed by atoms with Crippen LogP contribution in [0.5, 0.6) is 5.88 Å². The number of halogens is 1. The summed E-state index contributed by atoms with van der Waals surface area (Å²) in [6.45, 7) is 4.85. The van der Waals surface area contributed by atoms with Gasteiger partial charge in [0.15, 0.2) is 0 Å². The van der Waals surface area contributed by atoms with Crippen molar-refractivity contribution in [3.63, 3.8) is 0 Å². The minimum Gasteiger partial charge on any atom is -0.472 e. The summed E-state index contributed by atoms with van der Waals surface area (Å²) in [6, 6.07) is 7.52. The molecule has 0 fully saturated rings. The molecule has 1 N–H and O–H groups in total. The summed E-state index contributed by atoms with van der Waals surface area (Å²) >= 11 is 0. The SMILES string of the molecule is C[C@@H]1CN([C@@H](C)CO)C(=O)c2cc(-c3cccc(F)c3)cnc2O[C@H]1CN(C)C. The van der Waals surface area contributed by atoms with Crippen LogP contribution < -0.4 is 4.74 Å².